The van der Waals surface area contributed by atoms with Crippen LogP contribution in [0, 0.1) is 23.7 Å². The number of nitrogen functional groups attached to an aromatic ring is 5. The number of imidazole rings is 1. The molecule has 0 aliphatic rings. The summed E-state index contributed by atoms with van der Waals surface area (Å²) in [6, 6.07) is 77.8. The van der Waals surface area contributed by atoms with Gasteiger partial charge in [0.05, 0.1) is 61.0 Å². The lowest BCUT2D eigenvalue weighted by atomic mass is 10.0. The number of nitrogens with one attached hydrogen (secondary N) is 1. The summed E-state index contributed by atoms with van der Waals surface area (Å²) < 4.78 is 17.5. The maximum atomic E-state index is 8.86. The van der Waals surface area contributed by atoms with E-state index in [0.29, 0.717) is 98.7 Å². The second-order valence-electron chi connectivity index (χ2n) is 28.3. The number of fused-ring (bicyclic) bond motifs is 8. The highest BCUT2D eigenvalue weighted by molar-refractivity contribution is 7.21. The fourth-order valence-electron chi connectivity index (χ4n) is 13.6. The molecule has 0 unspecified atom stereocenters. The summed E-state index contributed by atoms with van der Waals surface area (Å²) in [5.74, 6) is 16.6. The van der Waals surface area contributed by atoms with Gasteiger partial charge in [0.2, 0.25) is 5.89 Å². The van der Waals surface area contributed by atoms with Crippen molar-refractivity contribution in [3.63, 3.8) is 0 Å². The molecule has 0 amide bonds. The topological polar surface area (TPSA) is 587 Å². The number of aromatic nitrogens is 10. The van der Waals surface area contributed by atoms with Crippen LogP contribution in [-0.4, -0.2) is 125 Å². The Balaban J connectivity index is 0.000000124. The first-order valence-corrected chi connectivity index (χ1v) is 39.9. The standard InChI is InChI=1S/C23H17N5O.C21H20N4O3.C17H14N6O.C17H13N5O2.C17H13N5OS/c24-22-14-18(5-4-15-2-1-3-19(12-15)23(25)28-29)20-13-17(6-7-21(20)27-22)16-8-10-26-11-9-16;1-27-9-10-28-17-7-8-19-18(13-17)15(12-20(22)24-19)6-5-14-3-2-4-16(11-14)21(23)25-26;18-15-8-11(10-3-1-2-4-12(10)20-15)17-21-13-6-5-9(16(19)23-24)7-14(13)22-17;2*18-15-8-11(10-3-1-2-4-12(10)20-15)17-21-13-6-5-9(16(19)22-23)7-14(13)24-17/h1-3,6-14,29H,(H2,24,27)(H2,25,28);2-4,7-8,11-13,26H,9-10H2,1H3,(H2,22,24)(H2,23,25);1-8,24H,(H2,18,20)(H2,19,23)(H,21,22);2*1-8,23H,(H2,18,20)(H2,19,22). The molecule has 9 aromatic heterocycles. The second kappa shape index (κ2) is 38.7. The number of hydrogen-bond acceptors (Lipinski definition) is 28. The van der Waals surface area contributed by atoms with E-state index < -0.39 is 0 Å². The van der Waals surface area contributed by atoms with Crippen LogP contribution in [0.25, 0.3) is 131 Å². The maximum Gasteiger partial charge on any atom is 0.228 e. The quantitative estimate of drug-likeness (QED) is 0.0127. The number of H-pyrrole nitrogens is 1. The molecular formula is C95H77N25O8S. The molecule has 26 N–H and O–H groups in total. The van der Waals surface area contributed by atoms with Gasteiger partial charge in [-0.2, -0.15) is 0 Å². The van der Waals surface area contributed by atoms with E-state index >= 15 is 0 Å². The first-order valence-electron chi connectivity index (χ1n) is 39.1. The zero-order valence-corrected chi connectivity index (χ0v) is 69.0. The van der Waals surface area contributed by atoms with Gasteiger partial charge in [-0.1, -0.05) is 134 Å². The molecule has 33 nitrogen and oxygen atoms in total. The van der Waals surface area contributed by atoms with Crippen LogP contribution >= 0.6 is 11.3 Å². The Bertz CT molecular complexity index is 7370. The van der Waals surface area contributed by atoms with E-state index in [1.165, 1.54) is 11.3 Å². The van der Waals surface area contributed by atoms with Crippen LogP contribution in [0.3, 0.4) is 0 Å². The van der Waals surface area contributed by atoms with Gasteiger partial charge in [0.1, 0.15) is 57.8 Å². The SMILES string of the molecule is COCCOc1ccc2nc(N)cc(C#Cc3cccc(C(N)=NO)c3)c2c1.NC(=NO)c1ccc2nc(-c3cc(N)nc4ccccc34)[nH]c2c1.NC(=NO)c1ccc2nc(-c3cc(N)nc4ccccc34)oc2c1.NC(=NO)c1ccc2nc(-c3cc(N)nc4ccccc34)sc2c1.NC(=NO)c1cccc(C#Cc2cc(N)nc3ccc(-c4ccncc4)cc23)c1. The van der Waals surface area contributed by atoms with Gasteiger partial charge in [-0.3, -0.25) is 4.98 Å². The molecule has 636 valence electrons. The number of anilines is 5. The van der Waals surface area contributed by atoms with Crippen LogP contribution in [0.4, 0.5) is 29.1 Å². The van der Waals surface area contributed by atoms with Crippen LogP contribution in [0.15, 0.2) is 297 Å². The van der Waals surface area contributed by atoms with Crippen LogP contribution in [0.2, 0.25) is 0 Å². The molecule has 0 aliphatic carbocycles. The van der Waals surface area contributed by atoms with E-state index in [4.69, 9.17) is 102 Å². The number of rotatable bonds is 13. The molecule has 0 spiro atoms. The number of thiazole rings is 1. The summed E-state index contributed by atoms with van der Waals surface area (Å²) >= 11 is 1.53. The molecule has 0 radical (unpaired) electrons. The molecule has 0 saturated carbocycles. The Morgan fingerprint density at radius 1 is 0.372 bits per heavy atom. The first-order chi connectivity index (χ1) is 62.7. The Kier molecular flexibility index (Phi) is 25.6. The number of pyridine rings is 6. The Labute approximate surface area is 736 Å². The van der Waals surface area contributed by atoms with Gasteiger partial charge < -0.3 is 102 Å². The van der Waals surface area contributed by atoms with E-state index in [9.17, 15) is 0 Å². The van der Waals surface area contributed by atoms with Gasteiger partial charge in [0, 0.05) is 108 Å². The molecule has 0 fully saturated rings. The molecular weight excluding hydrogens is 1650 g/mol. The predicted octanol–water partition coefficient (Wildman–Crippen LogP) is 14.1. The normalized spacial score (nSPS) is 11.7. The van der Waals surface area contributed by atoms with Crippen molar-refractivity contribution < 1.29 is 39.9 Å². The zero-order valence-electron chi connectivity index (χ0n) is 68.2. The number of nitrogens with two attached hydrogens (primary N) is 10. The molecule has 0 aliphatic heterocycles. The highest BCUT2D eigenvalue weighted by atomic mass is 32.1. The third kappa shape index (κ3) is 19.8. The molecule has 129 heavy (non-hydrogen) atoms. The van der Waals surface area contributed by atoms with Crippen molar-refractivity contribution in [3.8, 4) is 74.0 Å². The summed E-state index contributed by atoms with van der Waals surface area (Å²) in [5, 5.41) is 64.6. The number of amidine groups is 5. The van der Waals surface area contributed by atoms with Crippen LogP contribution < -0.4 is 62.1 Å². The van der Waals surface area contributed by atoms with Crippen molar-refractivity contribution in [2.45, 2.75) is 0 Å². The summed E-state index contributed by atoms with van der Waals surface area (Å²) in [5.41, 5.74) is 76.1. The lowest BCUT2D eigenvalue weighted by Crippen LogP contribution is -2.12. The highest BCUT2D eigenvalue weighted by Crippen LogP contribution is 2.38. The molecule has 19 aromatic rings. The number of oxime groups is 5. The lowest BCUT2D eigenvalue weighted by molar-refractivity contribution is 0.146. The van der Waals surface area contributed by atoms with Gasteiger partial charge in [0.25, 0.3) is 0 Å². The van der Waals surface area contributed by atoms with Gasteiger partial charge in [-0.15, -0.1) is 11.3 Å². The number of oxazole rings is 1. The van der Waals surface area contributed by atoms with Crippen molar-refractivity contribution in [2.75, 3.05) is 49.0 Å². The average molecular weight is 1730 g/mol. The second-order valence-corrected chi connectivity index (χ2v) is 29.4. The largest absolute Gasteiger partial charge is 0.491 e. The molecule has 0 saturated heterocycles. The smallest absolute Gasteiger partial charge is 0.228 e. The van der Waals surface area contributed by atoms with Crippen molar-refractivity contribution in [2.24, 2.45) is 54.4 Å². The van der Waals surface area contributed by atoms with Gasteiger partial charge >= 0.3 is 0 Å². The molecule has 34 heteroatoms. The number of hydrogen-bond donors (Lipinski definition) is 16. The Hall–Kier alpha value is -18.5. The maximum absolute atomic E-state index is 8.86. The van der Waals surface area contributed by atoms with Crippen molar-refractivity contribution >= 4 is 156 Å². The van der Waals surface area contributed by atoms with Gasteiger partial charge in [-0.25, -0.2) is 39.9 Å². The first kappa shape index (κ1) is 85.4. The monoisotopic (exact) mass is 1730 g/mol. The van der Waals surface area contributed by atoms with Gasteiger partial charge in [0.15, 0.2) is 34.8 Å². The summed E-state index contributed by atoms with van der Waals surface area (Å²) in [6.07, 6.45) is 3.52. The molecule has 19 rings (SSSR count). The van der Waals surface area contributed by atoms with E-state index in [0.717, 1.165) is 131 Å². The summed E-state index contributed by atoms with van der Waals surface area (Å²) in [6.45, 7) is 0.952. The number of aromatic amines is 1. The van der Waals surface area contributed by atoms with Gasteiger partial charge in [-0.05, 0) is 181 Å². The predicted molar refractivity (Wildman–Crippen MR) is 505 cm³/mol. The van der Waals surface area contributed by atoms with E-state index in [-0.39, 0.29) is 29.2 Å². The minimum absolute atomic E-state index is 0.00783. The number of methoxy groups -OCH3 is 1. The number of ether oxygens (including phenoxy) is 2. The minimum atomic E-state index is 0.00783. The van der Waals surface area contributed by atoms with Crippen LogP contribution in [0.5, 0.6) is 5.75 Å². The summed E-state index contributed by atoms with van der Waals surface area (Å²) in [7, 11) is 1.62. The van der Waals surface area contributed by atoms with Crippen molar-refractivity contribution in [1.82, 2.24) is 49.8 Å². The fourth-order valence-corrected chi connectivity index (χ4v) is 14.7. The van der Waals surface area contributed by atoms with E-state index in [2.05, 4.69) is 94.3 Å². The number of para-hydroxylation sites is 3. The third-order valence-electron chi connectivity index (χ3n) is 19.8. The fraction of sp³-hybridized carbons (Fsp3) is 0.0316. The molecule has 9 heterocycles. The zero-order chi connectivity index (χ0) is 90.2. The third-order valence-corrected chi connectivity index (χ3v) is 20.9. The molecule has 0 atom stereocenters. The Morgan fingerprint density at radius 2 is 0.822 bits per heavy atom. The minimum Gasteiger partial charge on any atom is -0.491 e. The lowest BCUT2D eigenvalue weighted by Gasteiger charge is -2.08. The number of benzene rings is 10. The summed E-state index contributed by atoms with van der Waals surface area (Å²) in [4.78, 5) is 42.9. The average Bonchev–Trinajstić information content (AvgIpc) is 1.61. The van der Waals surface area contributed by atoms with Crippen LogP contribution in [-0.2, 0) is 4.74 Å². The van der Waals surface area contributed by atoms with Crippen molar-refractivity contribution in [3.05, 3.63) is 317 Å². The Morgan fingerprint density at radius 3 is 1.37 bits per heavy atom. The van der Waals surface area contributed by atoms with E-state index in [1.54, 1.807) is 117 Å². The highest BCUT2D eigenvalue weighted by Gasteiger charge is 2.19. The van der Waals surface area contributed by atoms with Crippen LogP contribution in [0.1, 0.15) is 50.1 Å². The number of nitrogens with zero attached hydrogens (tertiary/aromatic N) is 14. The van der Waals surface area contributed by atoms with Crippen molar-refractivity contribution in [1.29, 1.82) is 0 Å². The molecule has 0 bridgehead atoms. The molecule has 10 aromatic carbocycles. The van der Waals surface area contributed by atoms with E-state index in [1.807, 2.05) is 158 Å².